The molecule has 1 aliphatic heterocycles. The van der Waals surface area contributed by atoms with Gasteiger partial charge in [-0.25, -0.2) is 5.84 Å². The van der Waals surface area contributed by atoms with E-state index in [0.29, 0.717) is 0 Å². The molecule has 0 saturated carbocycles. The third kappa shape index (κ3) is 0.865. The Morgan fingerprint density at radius 3 is 2.67 bits per heavy atom. The molecule has 0 unspecified atom stereocenters. The third-order valence-electron chi connectivity index (χ3n) is 2.21. The van der Waals surface area contributed by atoms with Gasteiger partial charge in [0.15, 0.2) is 0 Å². The van der Waals surface area contributed by atoms with E-state index in [2.05, 4.69) is 5.32 Å². The second-order valence-electron chi connectivity index (χ2n) is 3.57. The fourth-order valence-electron chi connectivity index (χ4n) is 1.48. The fourth-order valence-corrected chi connectivity index (χ4v) is 1.48. The number of nitrogens with two attached hydrogens (primary N) is 1. The second-order valence-corrected chi connectivity index (χ2v) is 3.57. The maximum Gasteiger partial charge on any atom is 0.119 e. The average molecular weight is 163 g/mol. The lowest BCUT2D eigenvalue weighted by Gasteiger charge is -2.28. The molecule has 1 aliphatic rings. The number of anilines is 2. The normalized spacial score (nSPS) is 18.8. The molecule has 3 N–H and O–H groups in total. The first-order valence-electron chi connectivity index (χ1n) is 4.03. The molecule has 0 amide bonds. The smallest absolute Gasteiger partial charge is 0.119 e. The number of rotatable bonds is 0. The van der Waals surface area contributed by atoms with E-state index in [1.807, 2.05) is 38.1 Å². The van der Waals surface area contributed by atoms with Crippen LogP contribution >= 0.6 is 0 Å². The van der Waals surface area contributed by atoms with E-state index in [4.69, 9.17) is 5.84 Å². The minimum absolute atomic E-state index is 0.177. The van der Waals surface area contributed by atoms with Gasteiger partial charge in [0.25, 0.3) is 0 Å². The summed E-state index contributed by atoms with van der Waals surface area (Å²) < 4.78 is 0. The van der Waals surface area contributed by atoms with E-state index >= 15 is 0 Å². The average Bonchev–Trinajstić information content (AvgIpc) is 2.24. The van der Waals surface area contributed by atoms with Gasteiger partial charge in [0.2, 0.25) is 0 Å². The Kier molecular flexibility index (Phi) is 1.32. The molecule has 2 rings (SSSR count). The summed E-state index contributed by atoms with van der Waals surface area (Å²) in [4.78, 5) is 0. The van der Waals surface area contributed by atoms with E-state index in [-0.39, 0.29) is 5.66 Å². The summed E-state index contributed by atoms with van der Waals surface area (Å²) in [5.74, 6) is 5.89. The van der Waals surface area contributed by atoms with Gasteiger partial charge >= 0.3 is 0 Å². The van der Waals surface area contributed by atoms with Gasteiger partial charge in [-0.15, -0.1) is 0 Å². The first kappa shape index (κ1) is 7.43. The Morgan fingerprint density at radius 2 is 2.00 bits per heavy atom. The van der Waals surface area contributed by atoms with Crippen LogP contribution in [0.4, 0.5) is 11.4 Å². The minimum Gasteiger partial charge on any atom is -0.360 e. The molecule has 3 nitrogen and oxygen atoms in total. The lowest BCUT2D eigenvalue weighted by molar-refractivity contribution is 0.553. The van der Waals surface area contributed by atoms with E-state index in [0.717, 1.165) is 11.4 Å². The SMILES string of the molecule is CC1(C)Nc2ccccc2N1N. The highest BCUT2D eigenvalue weighted by atomic mass is 15.5. The number of hydrazine groups is 1. The molecule has 0 aliphatic carbocycles. The Morgan fingerprint density at radius 1 is 1.33 bits per heavy atom. The summed E-state index contributed by atoms with van der Waals surface area (Å²) in [6.45, 7) is 4.10. The van der Waals surface area contributed by atoms with Gasteiger partial charge in [-0.05, 0) is 26.0 Å². The number of hydrogen-bond acceptors (Lipinski definition) is 3. The summed E-state index contributed by atoms with van der Waals surface area (Å²) in [7, 11) is 0. The molecule has 0 bridgehead atoms. The quantitative estimate of drug-likeness (QED) is 0.570. The summed E-state index contributed by atoms with van der Waals surface area (Å²) in [6, 6.07) is 8.03. The Bertz CT molecular complexity index is 306. The molecule has 1 aromatic carbocycles. The van der Waals surface area contributed by atoms with E-state index < -0.39 is 0 Å². The van der Waals surface area contributed by atoms with E-state index in [1.54, 1.807) is 5.01 Å². The topological polar surface area (TPSA) is 41.3 Å². The standard InChI is InChI=1S/C9H13N3/c1-9(2)11-7-5-3-4-6-8(7)12(9)10/h3-6,11H,10H2,1-2H3. The molecule has 0 radical (unpaired) electrons. The zero-order valence-corrected chi connectivity index (χ0v) is 7.33. The van der Waals surface area contributed by atoms with Gasteiger partial charge in [-0.2, -0.15) is 0 Å². The van der Waals surface area contributed by atoms with Crippen molar-refractivity contribution in [3.63, 3.8) is 0 Å². The zero-order valence-electron chi connectivity index (χ0n) is 7.33. The number of fused-ring (bicyclic) bond motifs is 1. The highest BCUT2D eigenvalue weighted by Crippen LogP contribution is 2.36. The van der Waals surface area contributed by atoms with Crippen LogP contribution in [0.15, 0.2) is 24.3 Å². The predicted octanol–water partition coefficient (Wildman–Crippen LogP) is 1.53. The zero-order chi connectivity index (χ0) is 8.77. The Labute approximate surface area is 72.1 Å². The highest BCUT2D eigenvalue weighted by molar-refractivity contribution is 5.76. The summed E-state index contributed by atoms with van der Waals surface area (Å²) in [5, 5.41) is 5.08. The molecule has 0 saturated heterocycles. The van der Waals surface area contributed by atoms with Crippen molar-refractivity contribution in [1.29, 1.82) is 0 Å². The molecular formula is C9H13N3. The van der Waals surface area contributed by atoms with Gasteiger partial charge in [0, 0.05) is 0 Å². The lowest BCUT2D eigenvalue weighted by atomic mass is 10.2. The van der Waals surface area contributed by atoms with Gasteiger partial charge in [-0.3, -0.25) is 5.01 Å². The van der Waals surface area contributed by atoms with Crippen LogP contribution in [-0.4, -0.2) is 5.66 Å². The maximum absolute atomic E-state index is 5.89. The van der Waals surface area contributed by atoms with Crippen molar-refractivity contribution >= 4 is 11.4 Å². The van der Waals surface area contributed by atoms with Crippen molar-refractivity contribution in [1.82, 2.24) is 0 Å². The monoisotopic (exact) mass is 163 g/mol. The Hall–Kier alpha value is -1.22. The summed E-state index contributed by atoms with van der Waals surface area (Å²) in [5.41, 5.74) is 1.98. The van der Waals surface area contributed by atoms with Crippen molar-refractivity contribution in [2.45, 2.75) is 19.5 Å². The molecule has 64 valence electrons. The molecule has 12 heavy (non-hydrogen) atoms. The molecule has 0 atom stereocenters. The van der Waals surface area contributed by atoms with Crippen LogP contribution in [0, 0.1) is 0 Å². The second kappa shape index (κ2) is 2.14. The molecule has 0 fully saturated rings. The van der Waals surface area contributed by atoms with Crippen molar-refractivity contribution in [2.24, 2.45) is 5.84 Å². The van der Waals surface area contributed by atoms with Crippen LogP contribution in [-0.2, 0) is 0 Å². The molecule has 0 spiro atoms. The predicted molar refractivity (Wildman–Crippen MR) is 50.8 cm³/mol. The number of nitrogens with one attached hydrogen (secondary N) is 1. The van der Waals surface area contributed by atoms with Crippen LogP contribution in [0.2, 0.25) is 0 Å². The molecule has 1 aromatic rings. The van der Waals surface area contributed by atoms with Gasteiger partial charge in [0.05, 0.1) is 11.4 Å². The van der Waals surface area contributed by atoms with E-state index in [9.17, 15) is 0 Å². The fraction of sp³-hybridized carbons (Fsp3) is 0.333. The Balaban J connectivity index is 2.49. The lowest BCUT2D eigenvalue weighted by Crippen LogP contribution is -2.49. The number of benzene rings is 1. The van der Waals surface area contributed by atoms with Crippen LogP contribution in [0.5, 0.6) is 0 Å². The first-order valence-corrected chi connectivity index (χ1v) is 4.03. The summed E-state index contributed by atoms with van der Waals surface area (Å²) in [6.07, 6.45) is 0. The molecule has 0 aromatic heterocycles. The van der Waals surface area contributed by atoms with Gasteiger partial charge in [-0.1, -0.05) is 12.1 Å². The van der Waals surface area contributed by atoms with Crippen LogP contribution in [0.3, 0.4) is 0 Å². The minimum atomic E-state index is -0.177. The van der Waals surface area contributed by atoms with Gasteiger partial charge < -0.3 is 5.32 Å². The largest absolute Gasteiger partial charge is 0.360 e. The number of hydrogen-bond donors (Lipinski definition) is 2. The van der Waals surface area contributed by atoms with Crippen LogP contribution in [0.25, 0.3) is 0 Å². The number of nitrogens with zero attached hydrogens (tertiary/aromatic N) is 1. The molecular weight excluding hydrogens is 150 g/mol. The molecule has 3 heteroatoms. The summed E-state index contributed by atoms with van der Waals surface area (Å²) >= 11 is 0. The van der Waals surface area contributed by atoms with Crippen molar-refractivity contribution in [2.75, 3.05) is 10.3 Å². The van der Waals surface area contributed by atoms with Gasteiger partial charge in [0.1, 0.15) is 5.66 Å². The number of para-hydroxylation sites is 2. The van der Waals surface area contributed by atoms with Crippen LogP contribution in [0.1, 0.15) is 13.8 Å². The van der Waals surface area contributed by atoms with Crippen molar-refractivity contribution in [3.05, 3.63) is 24.3 Å². The molecule has 1 heterocycles. The third-order valence-corrected chi connectivity index (χ3v) is 2.21. The maximum atomic E-state index is 5.89. The van der Waals surface area contributed by atoms with Crippen molar-refractivity contribution in [3.8, 4) is 0 Å². The van der Waals surface area contributed by atoms with Crippen LogP contribution < -0.4 is 16.2 Å². The van der Waals surface area contributed by atoms with Crippen molar-refractivity contribution < 1.29 is 0 Å². The van der Waals surface area contributed by atoms with E-state index in [1.165, 1.54) is 0 Å². The highest BCUT2D eigenvalue weighted by Gasteiger charge is 2.32. The first-order chi connectivity index (χ1) is 5.61.